The van der Waals surface area contributed by atoms with Gasteiger partial charge in [0.05, 0.1) is 24.5 Å². The van der Waals surface area contributed by atoms with Gasteiger partial charge in [0, 0.05) is 0 Å². The van der Waals surface area contributed by atoms with Gasteiger partial charge in [0.15, 0.2) is 11.5 Å². The van der Waals surface area contributed by atoms with Crippen LogP contribution in [0, 0.1) is 5.92 Å². The van der Waals surface area contributed by atoms with E-state index < -0.39 is 0 Å². The van der Waals surface area contributed by atoms with Gasteiger partial charge in [-0.15, -0.1) is 5.10 Å². The third kappa shape index (κ3) is 2.25. The zero-order valence-electron chi connectivity index (χ0n) is 11.0. The molecule has 0 spiro atoms. The van der Waals surface area contributed by atoms with Crippen LogP contribution >= 0.6 is 0 Å². The van der Waals surface area contributed by atoms with Crippen molar-refractivity contribution >= 4 is 11.5 Å². The van der Waals surface area contributed by atoms with Crippen LogP contribution in [0.5, 0.6) is 0 Å². The van der Waals surface area contributed by atoms with E-state index in [2.05, 4.69) is 32.7 Å². The van der Waals surface area contributed by atoms with Crippen molar-refractivity contribution in [1.29, 1.82) is 0 Å². The summed E-state index contributed by atoms with van der Waals surface area (Å²) in [6.45, 7) is 2.36. The molecule has 0 atom stereocenters. The quantitative estimate of drug-likeness (QED) is 0.853. The topological polar surface area (TPSA) is 88.2 Å². The van der Waals surface area contributed by atoms with Crippen molar-refractivity contribution in [3.05, 3.63) is 12.4 Å². The lowest BCUT2D eigenvalue weighted by atomic mass is 9.77. The number of anilines is 1. The zero-order valence-corrected chi connectivity index (χ0v) is 11.0. The third-order valence-corrected chi connectivity index (χ3v) is 4.04. The molecular weight excluding hydrogens is 244 g/mol. The molecular formula is C12H18N6O. The van der Waals surface area contributed by atoms with Gasteiger partial charge < -0.3 is 10.4 Å². The van der Waals surface area contributed by atoms with Crippen molar-refractivity contribution < 1.29 is 5.11 Å². The lowest BCUT2D eigenvalue weighted by Gasteiger charge is -2.39. The monoisotopic (exact) mass is 262 g/mol. The fraction of sp³-hybridized carbons (Fsp3) is 0.667. The first-order valence-electron chi connectivity index (χ1n) is 6.64. The summed E-state index contributed by atoms with van der Waals surface area (Å²) in [7, 11) is 0. The second-order valence-electron chi connectivity index (χ2n) is 5.49. The molecule has 0 bridgehead atoms. The first-order chi connectivity index (χ1) is 9.22. The number of fused-ring (bicyclic) bond motifs is 1. The van der Waals surface area contributed by atoms with Crippen molar-refractivity contribution in [1.82, 2.24) is 25.0 Å². The van der Waals surface area contributed by atoms with E-state index in [0.717, 1.165) is 37.4 Å². The first kappa shape index (κ1) is 12.3. The number of aliphatic hydroxyl groups excluding tert-OH is 1. The highest BCUT2D eigenvalue weighted by Crippen LogP contribution is 2.34. The van der Waals surface area contributed by atoms with Crippen LogP contribution in [0.25, 0.3) is 5.65 Å². The highest BCUT2D eigenvalue weighted by molar-refractivity contribution is 5.45. The second-order valence-corrected chi connectivity index (χ2v) is 5.49. The number of rotatable bonds is 3. The zero-order chi connectivity index (χ0) is 13.3. The molecule has 2 aromatic rings. The number of nitrogens with one attached hydrogen (secondary N) is 1. The Morgan fingerprint density at radius 1 is 1.42 bits per heavy atom. The van der Waals surface area contributed by atoms with Gasteiger partial charge in [0.2, 0.25) is 0 Å². The Labute approximate surface area is 111 Å². The van der Waals surface area contributed by atoms with Gasteiger partial charge in [-0.2, -0.15) is 4.52 Å². The number of hydrogen-bond acceptors (Lipinski definition) is 6. The standard InChI is InChI=1S/C12H18N6O/c1-9-2-4-12(8-19,5-3-9)14-10-6-13-7-11-15-16-17-18(10)11/h6-7,9,14,19H,2-5,8H2,1H3. The summed E-state index contributed by atoms with van der Waals surface area (Å²) in [5.41, 5.74) is 0.316. The van der Waals surface area contributed by atoms with E-state index in [1.54, 1.807) is 16.9 Å². The van der Waals surface area contributed by atoms with E-state index in [1.807, 2.05) is 0 Å². The molecule has 1 aliphatic rings. The Morgan fingerprint density at radius 2 is 2.21 bits per heavy atom. The fourth-order valence-electron chi connectivity index (χ4n) is 2.67. The fourth-order valence-corrected chi connectivity index (χ4v) is 2.67. The minimum Gasteiger partial charge on any atom is -0.394 e. The smallest absolute Gasteiger partial charge is 0.199 e. The van der Waals surface area contributed by atoms with Gasteiger partial charge in [-0.1, -0.05) is 6.92 Å². The first-order valence-corrected chi connectivity index (χ1v) is 6.64. The maximum atomic E-state index is 9.77. The van der Waals surface area contributed by atoms with Crippen molar-refractivity contribution in [2.45, 2.75) is 38.1 Å². The molecule has 2 aromatic heterocycles. The molecule has 0 aromatic carbocycles. The van der Waals surface area contributed by atoms with Gasteiger partial charge >= 0.3 is 0 Å². The van der Waals surface area contributed by atoms with Crippen LogP contribution in [0.3, 0.4) is 0 Å². The molecule has 7 heteroatoms. The van der Waals surface area contributed by atoms with Gasteiger partial charge in [0.25, 0.3) is 0 Å². The van der Waals surface area contributed by atoms with Gasteiger partial charge in [0.1, 0.15) is 0 Å². The van der Waals surface area contributed by atoms with Gasteiger partial charge in [-0.05, 0) is 42.0 Å². The number of aromatic nitrogens is 5. The molecule has 2 heterocycles. The second kappa shape index (κ2) is 4.73. The molecule has 3 rings (SSSR count). The Kier molecular flexibility index (Phi) is 3.06. The minimum atomic E-state index is -0.283. The molecule has 19 heavy (non-hydrogen) atoms. The van der Waals surface area contributed by atoms with Crippen LogP contribution in [0.4, 0.5) is 5.82 Å². The molecule has 0 saturated heterocycles. The number of nitrogens with zero attached hydrogens (tertiary/aromatic N) is 5. The molecule has 0 aliphatic heterocycles. The Balaban J connectivity index is 1.88. The Morgan fingerprint density at radius 3 is 2.95 bits per heavy atom. The van der Waals surface area contributed by atoms with Gasteiger partial charge in [-0.25, -0.2) is 0 Å². The maximum absolute atomic E-state index is 9.77. The summed E-state index contributed by atoms with van der Waals surface area (Å²) in [4.78, 5) is 4.12. The summed E-state index contributed by atoms with van der Waals surface area (Å²) >= 11 is 0. The summed E-state index contributed by atoms with van der Waals surface area (Å²) < 4.78 is 1.61. The Bertz CT molecular complexity index is 560. The minimum absolute atomic E-state index is 0.109. The van der Waals surface area contributed by atoms with Crippen LogP contribution in [-0.4, -0.2) is 42.3 Å². The molecule has 0 amide bonds. The average molecular weight is 262 g/mol. The molecule has 0 unspecified atom stereocenters. The lowest BCUT2D eigenvalue weighted by Crippen LogP contribution is -2.45. The average Bonchev–Trinajstić information content (AvgIpc) is 2.91. The van der Waals surface area contributed by atoms with Gasteiger partial charge in [-0.3, -0.25) is 4.98 Å². The van der Waals surface area contributed by atoms with E-state index in [0.29, 0.717) is 5.65 Å². The van der Waals surface area contributed by atoms with Crippen LogP contribution in [-0.2, 0) is 0 Å². The molecule has 2 N–H and O–H groups in total. The highest BCUT2D eigenvalue weighted by Gasteiger charge is 2.34. The van der Waals surface area contributed by atoms with Crippen molar-refractivity contribution in [2.75, 3.05) is 11.9 Å². The van der Waals surface area contributed by atoms with E-state index in [-0.39, 0.29) is 12.1 Å². The van der Waals surface area contributed by atoms with Crippen molar-refractivity contribution in [2.24, 2.45) is 5.92 Å². The number of hydrogen-bond donors (Lipinski definition) is 2. The Hall–Kier alpha value is -1.76. The number of aliphatic hydroxyl groups is 1. The SMILES string of the molecule is CC1CCC(CO)(Nc2cncc3nnnn23)CC1. The maximum Gasteiger partial charge on any atom is 0.199 e. The van der Waals surface area contributed by atoms with E-state index in [4.69, 9.17) is 0 Å². The van der Waals surface area contributed by atoms with Crippen molar-refractivity contribution in [3.63, 3.8) is 0 Å². The molecule has 102 valence electrons. The summed E-state index contributed by atoms with van der Waals surface area (Å²) in [5.74, 6) is 1.45. The highest BCUT2D eigenvalue weighted by atomic mass is 16.3. The van der Waals surface area contributed by atoms with Crippen molar-refractivity contribution in [3.8, 4) is 0 Å². The third-order valence-electron chi connectivity index (χ3n) is 4.04. The van der Waals surface area contributed by atoms with E-state index in [1.165, 1.54) is 0 Å². The van der Waals surface area contributed by atoms with Crippen LogP contribution < -0.4 is 5.32 Å². The summed E-state index contributed by atoms with van der Waals surface area (Å²) in [6.07, 6.45) is 7.43. The predicted octanol–water partition coefficient (Wildman–Crippen LogP) is 0.872. The van der Waals surface area contributed by atoms with Crippen LogP contribution in [0.2, 0.25) is 0 Å². The number of tetrazole rings is 1. The normalized spacial score (nSPS) is 27.6. The predicted molar refractivity (Wildman–Crippen MR) is 69.6 cm³/mol. The van der Waals surface area contributed by atoms with Crippen LogP contribution in [0.1, 0.15) is 32.6 Å². The molecule has 1 fully saturated rings. The van der Waals surface area contributed by atoms with Crippen LogP contribution in [0.15, 0.2) is 12.4 Å². The molecule has 1 saturated carbocycles. The largest absolute Gasteiger partial charge is 0.394 e. The summed E-state index contributed by atoms with van der Waals surface area (Å²) in [6, 6.07) is 0. The lowest BCUT2D eigenvalue weighted by molar-refractivity contribution is 0.155. The van der Waals surface area contributed by atoms with E-state index in [9.17, 15) is 5.11 Å². The van der Waals surface area contributed by atoms with E-state index >= 15 is 0 Å². The molecule has 7 nitrogen and oxygen atoms in total. The molecule has 0 radical (unpaired) electrons. The molecule has 1 aliphatic carbocycles. The summed E-state index contributed by atoms with van der Waals surface area (Å²) in [5, 5.41) is 24.6.